The minimum atomic E-state index is -1.61. The number of allylic oxidation sites excluding steroid dienone is 1. The normalized spacial score (nSPS) is 20.6. The van der Waals surface area contributed by atoms with E-state index in [2.05, 4.69) is 6.58 Å². The van der Waals surface area contributed by atoms with Gasteiger partial charge in [-0.25, -0.2) is 0 Å². The minimum Gasteiger partial charge on any atom is -0.139 e. The number of hydrogen-bond donors (Lipinski definition) is 0. The molecular formula is C9H16O2P+. The van der Waals surface area contributed by atoms with Gasteiger partial charge in [-0.05, 0) is 24.0 Å². The summed E-state index contributed by atoms with van der Waals surface area (Å²) in [4.78, 5) is 0. The van der Waals surface area contributed by atoms with Gasteiger partial charge in [0.15, 0.2) is 5.31 Å². The van der Waals surface area contributed by atoms with Crippen molar-refractivity contribution in [1.82, 2.24) is 0 Å². The van der Waals surface area contributed by atoms with E-state index in [1.54, 1.807) is 6.92 Å². The lowest BCUT2D eigenvalue weighted by molar-refractivity contribution is 0.167. The van der Waals surface area contributed by atoms with Gasteiger partial charge in [0, 0.05) is 6.92 Å². The second kappa shape index (κ2) is 4.74. The molecule has 0 bridgehead atoms. The molecule has 1 rings (SSSR count). The zero-order valence-corrected chi connectivity index (χ0v) is 8.48. The first kappa shape index (κ1) is 9.88. The highest BCUT2D eigenvalue weighted by atomic mass is 31.1. The van der Waals surface area contributed by atoms with Crippen molar-refractivity contribution in [3.63, 3.8) is 0 Å². The van der Waals surface area contributed by atoms with E-state index in [4.69, 9.17) is 4.52 Å². The fourth-order valence-electron chi connectivity index (χ4n) is 1.40. The summed E-state index contributed by atoms with van der Waals surface area (Å²) in [6, 6.07) is 0. The number of hydrogen-bond acceptors (Lipinski definition) is 2. The van der Waals surface area contributed by atoms with Crippen LogP contribution in [0.3, 0.4) is 0 Å². The fraction of sp³-hybridized carbons (Fsp3) is 0.778. The van der Waals surface area contributed by atoms with Gasteiger partial charge in [0.2, 0.25) is 0 Å². The summed E-state index contributed by atoms with van der Waals surface area (Å²) in [6.07, 6.45) is 6.07. The van der Waals surface area contributed by atoms with E-state index in [0.717, 1.165) is 12.8 Å². The predicted octanol–water partition coefficient (Wildman–Crippen LogP) is 3.61. The van der Waals surface area contributed by atoms with Gasteiger partial charge in [-0.1, -0.05) is 19.3 Å². The molecule has 0 aliphatic heterocycles. The Labute approximate surface area is 74.9 Å². The van der Waals surface area contributed by atoms with Gasteiger partial charge in [-0.3, -0.25) is 0 Å². The van der Waals surface area contributed by atoms with Crippen LogP contribution in [0.4, 0.5) is 0 Å². The van der Waals surface area contributed by atoms with Crippen LogP contribution in [0.2, 0.25) is 0 Å². The summed E-state index contributed by atoms with van der Waals surface area (Å²) < 4.78 is 16.6. The highest BCUT2D eigenvalue weighted by Crippen LogP contribution is 2.36. The van der Waals surface area contributed by atoms with Crippen LogP contribution in [-0.4, -0.2) is 6.10 Å². The fourth-order valence-corrected chi connectivity index (χ4v) is 2.06. The van der Waals surface area contributed by atoms with Crippen molar-refractivity contribution < 1.29 is 9.09 Å². The summed E-state index contributed by atoms with van der Waals surface area (Å²) in [5, 5.41) is 0.649. The molecule has 0 radical (unpaired) electrons. The molecule has 0 heterocycles. The van der Waals surface area contributed by atoms with Gasteiger partial charge in [0.25, 0.3) is 0 Å². The molecule has 12 heavy (non-hydrogen) atoms. The van der Waals surface area contributed by atoms with E-state index >= 15 is 0 Å². The van der Waals surface area contributed by atoms with E-state index in [9.17, 15) is 4.57 Å². The molecule has 0 aromatic carbocycles. The Kier molecular flexibility index (Phi) is 3.90. The van der Waals surface area contributed by atoms with Crippen molar-refractivity contribution in [1.29, 1.82) is 0 Å². The van der Waals surface area contributed by atoms with E-state index < -0.39 is 8.03 Å². The average molecular weight is 187 g/mol. The topological polar surface area (TPSA) is 26.3 Å². The highest BCUT2D eigenvalue weighted by Gasteiger charge is 2.27. The highest BCUT2D eigenvalue weighted by molar-refractivity contribution is 7.44. The van der Waals surface area contributed by atoms with E-state index in [1.807, 2.05) is 0 Å². The second-order valence-electron chi connectivity index (χ2n) is 3.36. The molecule has 1 fully saturated rings. The Bertz CT molecular complexity index is 183. The van der Waals surface area contributed by atoms with Crippen LogP contribution in [0.15, 0.2) is 11.9 Å². The first-order chi connectivity index (χ1) is 5.70. The third-order valence-electron chi connectivity index (χ3n) is 2.11. The Morgan fingerprint density at radius 3 is 2.50 bits per heavy atom. The molecule has 1 aliphatic rings. The maximum atomic E-state index is 11.2. The standard InChI is InChI=1S/C9H16O2P/c1-8(2)12(10)11-9-6-4-3-5-7-9/h9H,1,3-7H2,2H3/q+1. The third-order valence-corrected chi connectivity index (χ3v) is 3.22. The lowest BCUT2D eigenvalue weighted by Crippen LogP contribution is -2.12. The smallest absolute Gasteiger partial charge is 0.139 e. The largest absolute Gasteiger partial charge is 0.543 e. The molecule has 0 amide bonds. The average Bonchev–Trinajstić information content (AvgIpc) is 2.06. The van der Waals surface area contributed by atoms with Gasteiger partial charge in [0.05, 0.1) is 0 Å². The van der Waals surface area contributed by atoms with Crippen molar-refractivity contribution in [2.45, 2.75) is 45.1 Å². The summed E-state index contributed by atoms with van der Waals surface area (Å²) in [7, 11) is -1.61. The Morgan fingerprint density at radius 2 is 2.00 bits per heavy atom. The monoisotopic (exact) mass is 187 g/mol. The van der Waals surface area contributed by atoms with Gasteiger partial charge in [-0.15, -0.1) is 4.52 Å². The molecule has 1 aliphatic carbocycles. The Balaban J connectivity index is 2.29. The summed E-state index contributed by atoms with van der Waals surface area (Å²) >= 11 is 0. The van der Waals surface area contributed by atoms with E-state index in [-0.39, 0.29) is 6.10 Å². The molecule has 68 valence electrons. The van der Waals surface area contributed by atoms with Gasteiger partial charge in [0.1, 0.15) is 6.10 Å². The maximum Gasteiger partial charge on any atom is 0.543 e. The lowest BCUT2D eigenvalue weighted by Gasteiger charge is -2.15. The maximum absolute atomic E-state index is 11.2. The molecule has 0 aromatic rings. The quantitative estimate of drug-likeness (QED) is 0.631. The molecule has 0 N–H and O–H groups in total. The lowest BCUT2D eigenvalue weighted by atomic mass is 9.98. The van der Waals surface area contributed by atoms with Crippen LogP contribution >= 0.6 is 8.03 Å². The molecular weight excluding hydrogens is 171 g/mol. The molecule has 1 saturated carbocycles. The van der Waals surface area contributed by atoms with Crippen molar-refractivity contribution >= 4 is 8.03 Å². The van der Waals surface area contributed by atoms with Crippen molar-refractivity contribution in [2.24, 2.45) is 0 Å². The van der Waals surface area contributed by atoms with E-state index in [0.29, 0.717) is 5.31 Å². The molecule has 1 unspecified atom stereocenters. The number of rotatable bonds is 3. The minimum absolute atomic E-state index is 0.221. The molecule has 0 saturated heterocycles. The van der Waals surface area contributed by atoms with Crippen molar-refractivity contribution in [3.05, 3.63) is 11.9 Å². The summed E-state index contributed by atoms with van der Waals surface area (Å²) in [6.45, 7) is 5.36. The summed E-state index contributed by atoms with van der Waals surface area (Å²) in [5.41, 5.74) is 0. The zero-order chi connectivity index (χ0) is 8.97. The van der Waals surface area contributed by atoms with Gasteiger partial charge >= 0.3 is 8.03 Å². The van der Waals surface area contributed by atoms with Gasteiger partial charge in [-0.2, -0.15) is 0 Å². The van der Waals surface area contributed by atoms with Crippen LogP contribution in [0, 0.1) is 0 Å². The first-order valence-electron chi connectivity index (χ1n) is 4.49. The molecule has 3 heteroatoms. The molecule has 0 spiro atoms. The first-order valence-corrected chi connectivity index (χ1v) is 5.67. The Hall–Kier alpha value is -0.200. The van der Waals surface area contributed by atoms with Crippen LogP contribution in [0.1, 0.15) is 39.0 Å². The predicted molar refractivity (Wildman–Crippen MR) is 50.4 cm³/mol. The zero-order valence-electron chi connectivity index (χ0n) is 7.58. The van der Waals surface area contributed by atoms with Gasteiger partial charge < -0.3 is 0 Å². The third kappa shape index (κ3) is 3.04. The van der Waals surface area contributed by atoms with Crippen LogP contribution in [-0.2, 0) is 9.09 Å². The molecule has 0 aromatic heterocycles. The van der Waals surface area contributed by atoms with Crippen molar-refractivity contribution in [3.8, 4) is 0 Å². The molecule has 1 atom stereocenters. The molecule has 2 nitrogen and oxygen atoms in total. The van der Waals surface area contributed by atoms with Crippen LogP contribution < -0.4 is 0 Å². The van der Waals surface area contributed by atoms with E-state index in [1.165, 1.54) is 19.3 Å². The van der Waals surface area contributed by atoms with Crippen LogP contribution in [0.5, 0.6) is 0 Å². The Morgan fingerprint density at radius 1 is 1.42 bits per heavy atom. The SMILES string of the molecule is C=C(C)[P+](=O)OC1CCCCC1. The summed E-state index contributed by atoms with van der Waals surface area (Å²) in [5.74, 6) is 0. The van der Waals surface area contributed by atoms with Crippen molar-refractivity contribution in [2.75, 3.05) is 0 Å². The second-order valence-corrected chi connectivity index (χ2v) is 4.85. The van der Waals surface area contributed by atoms with Crippen LogP contribution in [0.25, 0.3) is 0 Å².